The first-order valence-corrected chi connectivity index (χ1v) is 10.1. The summed E-state index contributed by atoms with van der Waals surface area (Å²) in [6, 6.07) is 5.56. The Morgan fingerprint density at radius 2 is 1.89 bits per heavy atom. The molecule has 152 valence electrons. The van der Waals surface area contributed by atoms with E-state index in [9.17, 15) is 18.0 Å². The number of sulfonamides is 1. The summed E-state index contributed by atoms with van der Waals surface area (Å²) >= 11 is 0. The number of methoxy groups -OCH3 is 1. The highest BCUT2D eigenvalue weighted by Gasteiger charge is 2.25. The van der Waals surface area contributed by atoms with Gasteiger partial charge in [-0.05, 0) is 39.0 Å². The van der Waals surface area contributed by atoms with Gasteiger partial charge in [-0.3, -0.25) is 9.59 Å². The number of nitrogens with zero attached hydrogens (tertiary/aromatic N) is 2. The lowest BCUT2D eigenvalue weighted by Gasteiger charge is -2.23. The SMILES string of the molecule is CCOC(=O)CN(CCOC)C(=O)c1cccc(S(=O)(=O)N(C)C(C)C)c1. The largest absolute Gasteiger partial charge is 0.465 e. The number of hydrogen-bond donors (Lipinski definition) is 0. The van der Waals surface area contributed by atoms with Crippen molar-refractivity contribution < 1.29 is 27.5 Å². The maximum atomic E-state index is 12.8. The van der Waals surface area contributed by atoms with E-state index in [1.165, 1.54) is 47.6 Å². The summed E-state index contributed by atoms with van der Waals surface area (Å²) in [6.45, 7) is 5.59. The summed E-state index contributed by atoms with van der Waals surface area (Å²) in [4.78, 5) is 25.9. The lowest BCUT2D eigenvalue weighted by Crippen LogP contribution is -2.39. The highest BCUT2D eigenvalue weighted by atomic mass is 32.2. The predicted octanol–water partition coefficient (Wildman–Crippen LogP) is 1.37. The van der Waals surface area contributed by atoms with Crippen LogP contribution in [0.5, 0.6) is 0 Å². The molecule has 0 aromatic heterocycles. The molecule has 0 aliphatic rings. The van der Waals surface area contributed by atoms with Gasteiger partial charge in [-0.1, -0.05) is 6.07 Å². The van der Waals surface area contributed by atoms with E-state index in [1.54, 1.807) is 20.8 Å². The summed E-state index contributed by atoms with van der Waals surface area (Å²) in [5, 5.41) is 0. The van der Waals surface area contributed by atoms with Gasteiger partial charge in [-0.25, -0.2) is 8.42 Å². The number of benzene rings is 1. The molecule has 0 spiro atoms. The van der Waals surface area contributed by atoms with Crippen molar-refractivity contribution in [2.75, 3.05) is 40.5 Å². The minimum atomic E-state index is -3.72. The van der Waals surface area contributed by atoms with Gasteiger partial charge in [0, 0.05) is 32.3 Å². The molecule has 27 heavy (non-hydrogen) atoms. The molecule has 1 aromatic rings. The van der Waals surface area contributed by atoms with E-state index >= 15 is 0 Å². The van der Waals surface area contributed by atoms with Crippen molar-refractivity contribution in [2.24, 2.45) is 0 Å². The van der Waals surface area contributed by atoms with E-state index < -0.39 is 21.9 Å². The highest BCUT2D eigenvalue weighted by molar-refractivity contribution is 7.89. The van der Waals surface area contributed by atoms with E-state index in [2.05, 4.69) is 0 Å². The quantitative estimate of drug-likeness (QED) is 0.551. The number of hydrogen-bond acceptors (Lipinski definition) is 6. The number of rotatable bonds is 10. The zero-order valence-corrected chi connectivity index (χ0v) is 17.3. The van der Waals surface area contributed by atoms with Crippen molar-refractivity contribution in [2.45, 2.75) is 31.7 Å². The van der Waals surface area contributed by atoms with Crippen LogP contribution in [0.15, 0.2) is 29.2 Å². The highest BCUT2D eigenvalue weighted by Crippen LogP contribution is 2.19. The first-order chi connectivity index (χ1) is 12.6. The molecule has 0 bridgehead atoms. The van der Waals surface area contributed by atoms with Crippen molar-refractivity contribution in [1.82, 2.24) is 9.21 Å². The third kappa shape index (κ3) is 6.30. The van der Waals surface area contributed by atoms with Gasteiger partial charge in [-0.15, -0.1) is 0 Å². The number of carbonyl (C=O) groups excluding carboxylic acids is 2. The molecule has 0 aliphatic carbocycles. The second-order valence-electron chi connectivity index (χ2n) is 6.17. The summed E-state index contributed by atoms with van der Waals surface area (Å²) in [7, 11) is -0.748. The molecular weight excluding hydrogens is 372 g/mol. The molecule has 0 atom stereocenters. The van der Waals surface area contributed by atoms with Gasteiger partial charge in [0.2, 0.25) is 10.0 Å². The maximum Gasteiger partial charge on any atom is 0.325 e. The van der Waals surface area contributed by atoms with E-state index in [4.69, 9.17) is 9.47 Å². The summed E-state index contributed by atoms with van der Waals surface area (Å²) in [6.07, 6.45) is 0. The molecule has 0 heterocycles. The zero-order valence-electron chi connectivity index (χ0n) is 16.5. The number of ether oxygens (including phenoxy) is 2. The van der Waals surface area contributed by atoms with Gasteiger partial charge >= 0.3 is 5.97 Å². The average molecular weight is 400 g/mol. The Morgan fingerprint density at radius 3 is 2.44 bits per heavy atom. The Bertz CT molecular complexity index is 748. The van der Waals surface area contributed by atoms with E-state index in [0.29, 0.717) is 0 Å². The summed E-state index contributed by atoms with van der Waals surface area (Å²) in [5.41, 5.74) is 0.175. The molecular formula is C18H28N2O6S. The van der Waals surface area contributed by atoms with Crippen LogP contribution in [0.4, 0.5) is 0 Å². The molecule has 0 unspecified atom stereocenters. The monoisotopic (exact) mass is 400 g/mol. The van der Waals surface area contributed by atoms with Gasteiger partial charge in [0.15, 0.2) is 0 Å². The lowest BCUT2D eigenvalue weighted by atomic mass is 10.2. The third-order valence-corrected chi connectivity index (χ3v) is 5.99. The smallest absolute Gasteiger partial charge is 0.325 e. The Hall–Kier alpha value is -1.97. The average Bonchev–Trinajstić information content (AvgIpc) is 2.64. The van der Waals surface area contributed by atoms with Crippen LogP contribution in [0, 0.1) is 0 Å². The Labute approximate surface area is 161 Å². The summed E-state index contributed by atoms with van der Waals surface area (Å²) < 4.78 is 36.4. The molecule has 0 saturated heterocycles. The van der Waals surface area contributed by atoms with Crippen LogP contribution in [-0.4, -0.2) is 76.0 Å². The molecule has 0 aliphatic heterocycles. The van der Waals surface area contributed by atoms with E-state index in [0.717, 1.165) is 0 Å². The molecule has 0 radical (unpaired) electrons. The van der Waals surface area contributed by atoms with E-state index in [-0.39, 0.29) is 42.8 Å². The van der Waals surface area contributed by atoms with Gasteiger partial charge in [0.25, 0.3) is 5.91 Å². The third-order valence-electron chi connectivity index (χ3n) is 3.96. The van der Waals surface area contributed by atoms with Crippen LogP contribution in [0.25, 0.3) is 0 Å². The lowest BCUT2D eigenvalue weighted by molar-refractivity contribution is -0.143. The van der Waals surface area contributed by atoms with Crippen LogP contribution < -0.4 is 0 Å². The fraction of sp³-hybridized carbons (Fsp3) is 0.556. The minimum absolute atomic E-state index is 0.0207. The molecule has 0 N–H and O–H groups in total. The Balaban J connectivity index is 3.14. The van der Waals surface area contributed by atoms with Crippen molar-refractivity contribution in [3.8, 4) is 0 Å². The Morgan fingerprint density at radius 1 is 1.22 bits per heavy atom. The normalized spacial score (nSPS) is 11.7. The standard InChI is InChI=1S/C18H28N2O6S/c1-6-26-17(21)13-20(10-11-25-5)18(22)15-8-7-9-16(12-15)27(23,24)19(4)14(2)3/h7-9,12,14H,6,10-11,13H2,1-5H3. The molecule has 8 nitrogen and oxygen atoms in total. The fourth-order valence-corrected chi connectivity index (χ4v) is 3.65. The molecule has 9 heteroatoms. The van der Waals surface area contributed by atoms with Crippen LogP contribution in [0.2, 0.25) is 0 Å². The molecule has 1 rings (SSSR count). The number of carbonyl (C=O) groups is 2. The number of amides is 1. The predicted molar refractivity (Wildman–Crippen MR) is 101 cm³/mol. The van der Waals surface area contributed by atoms with Crippen molar-refractivity contribution in [3.63, 3.8) is 0 Å². The first kappa shape index (κ1) is 23.1. The second kappa shape index (κ2) is 10.4. The van der Waals surface area contributed by atoms with Crippen molar-refractivity contribution in [1.29, 1.82) is 0 Å². The van der Waals surface area contributed by atoms with Crippen molar-refractivity contribution >= 4 is 21.9 Å². The number of esters is 1. The zero-order chi connectivity index (χ0) is 20.6. The van der Waals surface area contributed by atoms with Crippen LogP contribution >= 0.6 is 0 Å². The molecule has 0 fully saturated rings. The van der Waals surface area contributed by atoms with Crippen LogP contribution in [0.3, 0.4) is 0 Å². The maximum absolute atomic E-state index is 12.8. The van der Waals surface area contributed by atoms with Crippen LogP contribution in [-0.2, 0) is 24.3 Å². The van der Waals surface area contributed by atoms with Crippen LogP contribution in [0.1, 0.15) is 31.1 Å². The summed E-state index contributed by atoms with van der Waals surface area (Å²) in [5.74, 6) is -1.00. The van der Waals surface area contributed by atoms with Crippen molar-refractivity contribution in [3.05, 3.63) is 29.8 Å². The minimum Gasteiger partial charge on any atom is -0.465 e. The fourth-order valence-electron chi connectivity index (χ4n) is 2.23. The van der Waals surface area contributed by atoms with Gasteiger partial charge in [-0.2, -0.15) is 4.31 Å². The van der Waals surface area contributed by atoms with Gasteiger partial charge in [0.05, 0.1) is 18.1 Å². The molecule has 1 amide bonds. The molecule has 0 saturated carbocycles. The van der Waals surface area contributed by atoms with E-state index in [1.807, 2.05) is 0 Å². The van der Waals surface area contributed by atoms with Gasteiger partial charge in [0.1, 0.15) is 6.54 Å². The van der Waals surface area contributed by atoms with Gasteiger partial charge < -0.3 is 14.4 Å². The first-order valence-electron chi connectivity index (χ1n) is 8.67. The Kier molecular flexibility index (Phi) is 8.87. The topological polar surface area (TPSA) is 93.2 Å². The second-order valence-corrected chi connectivity index (χ2v) is 8.16. The molecule has 1 aromatic carbocycles.